The third-order valence-electron chi connectivity index (χ3n) is 6.65. The molecule has 3 aromatic rings. The highest BCUT2D eigenvalue weighted by Crippen LogP contribution is 2.34. The maximum atomic E-state index is 12.5. The van der Waals surface area contributed by atoms with Crippen LogP contribution >= 0.6 is 0 Å². The quantitative estimate of drug-likeness (QED) is 0.443. The molecule has 3 heterocycles. The fraction of sp³-hybridized carbons (Fsp3) is 0.481. The van der Waals surface area contributed by atoms with Crippen LogP contribution in [0.25, 0.3) is 16.8 Å². The van der Waals surface area contributed by atoms with Crippen molar-refractivity contribution in [1.29, 1.82) is 0 Å². The van der Waals surface area contributed by atoms with Crippen LogP contribution in [0, 0.1) is 6.92 Å². The van der Waals surface area contributed by atoms with Gasteiger partial charge < -0.3 is 19.3 Å². The molecule has 1 amide bonds. The molecule has 0 unspecified atom stereocenters. The van der Waals surface area contributed by atoms with Gasteiger partial charge in [0, 0.05) is 56.6 Å². The van der Waals surface area contributed by atoms with Crippen molar-refractivity contribution in [2.24, 2.45) is 0 Å². The van der Waals surface area contributed by atoms with Crippen LogP contribution in [0.15, 0.2) is 30.6 Å². The van der Waals surface area contributed by atoms with Crippen LogP contribution in [-0.4, -0.2) is 70.5 Å². The number of piperazine rings is 1. The van der Waals surface area contributed by atoms with Gasteiger partial charge in [-0.3, -0.25) is 19.0 Å². The molecule has 0 radical (unpaired) electrons. The van der Waals surface area contributed by atoms with Crippen molar-refractivity contribution in [3.8, 4) is 17.0 Å². The number of carbonyl (C=O) groups is 2. The van der Waals surface area contributed by atoms with Gasteiger partial charge in [0.1, 0.15) is 11.4 Å². The number of amides is 1. The second-order valence-corrected chi connectivity index (χ2v) is 9.28. The van der Waals surface area contributed by atoms with Crippen molar-refractivity contribution in [2.75, 3.05) is 38.2 Å². The minimum Gasteiger partial charge on any atom is -0.496 e. The number of aryl methyl sites for hydroxylation is 1. The van der Waals surface area contributed by atoms with Crippen LogP contribution in [0.2, 0.25) is 0 Å². The number of esters is 1. The van der Waals surface area contributed by atoms with Gasteiger partial charge in [0.15, 0.2) is 0 Å². The van der Waals surface area contributed by atoms with E-state index in [1.54, 1.807) is 20.2 Å². The Morgan fingerprint density at radius 1 is 1.17 bits per heavy atom. The molecule has 1 fully saturated rings. The molecule has 1 aliphatic heterocycles. The molecule has 4 rings (SSSR count). The van der Waals surface area contributed by atoms with Gasteiger partial charge in [-0.25, -0.2) is 4.98 Å². The summed E-state index contributed by atoms with van der Waals surface area (Å²) in [6.45, 7) is 10.3. The van der Waals surface area contributed by atoms with Crippen molar-refractivity contribution >= 4 is 23.3 Å². The standard InChI is InChI=1S/C27H35N5O4/c1-6-7-18(2)36-24(34)17-21-8-9-22(16-23(21)35-5)25-26-19(3)28-10-11-32(26)27(29-25)31-14-12-30(13-15-31)20(4)33/h8-11,16,18H,6-7,12-15,17H2,1-5H3/t18-/m0/s1. The third kappa shape index (κ3) is 5.29. The van der Waals surface area contributed by atoms with E-state index in [9.17, 15) is 9.59 Å². The molecule has 1 saturated heterocycles. The van der Waals surface area contributed by atoms with E-state index < -0.39 is 0 Å². The van der Waals surface area contributed by atoms with Gasteiger partial charge in [-0.2, -0.15) is 0 Å². The highest BCUT2D eigenvalue weighted by molar-refractivity contribution is 5.83. The Kier molecular flexibility index (Phi) is 7.76. The number of methoxy groups -OCH3 is 1. The number of hydrogen-bond acceptors (Lipinski definition) is 7. The van der Waals surface area contributed by atoms with E-state index in [0.29, 0.717) is 31.9 Å². The number of nitrogens with zero attached hydrogens (tertiary/aromatic N) is 5. The van der Waals surface area contributed by atoms with Gasteiger partial charge in [0.2, 0.25) is 11.9 Å². The molecular formula is C27H35N5O4. The number of carbonyl (C=O) groups excluding carboxylic acids is 2. The normalized spacial score (nSPS) is 14.7. The predicted molar refractivity (Wildman–Crippen MR) is 138 cm³/mol. The molecule has 36 heavy (non-hydrogen) atoms. The Morgan fingerprint density at radius 2 is 1.92 bits per heavy atom. The van der Waals surface area contributed by atoms with E-state index in [0.717, 1.165) is 46.8 Å². The maximum Gasteiger partial charge on any atom is 0.310 e. The topological polar surface area (TPSA) is 89.3 Å². The van der Waals surface area contributed by atoms with E-state index in [1.807, 2.05) is 43.1 Å². The van der Waals surface area contributed by atoms with Gasteiger partial charge >= 0.3 is 5.97 Å². The van der Waals surface area contributed by atoms with E-state index in [1.165, 1.54) is 0 Å². The third-order valence-corrected chi connectivity index (χ3v) is 6.65. The average Bonchev–Trinajstić information content (AvgIpc) is 3.25. The highest BCUT2D eigenvalue weighted by Gasteiger charge is 2.25. The Labute approximate surface area is 212 Å². The number of ether oxygens (including phenoxy) is 2. The fourth-order valence-electron chi connectivity index (χ4n) is 4.75. The number of hydrogen-bond donors (Lipinski definition) is 0. The minimum absolute atomic E-state index is 0.0965. The summed E-state index contributed by atoms with van der Waals surface area (Å²) in [6, 6.07) is 5.79. The summed E-state index contributed by atoms with van der Waals surface area (Å²) in [5.74, 6) is 1.28. The number of fused-ring (bicyclic) bond motifs is 1. The highest BCUT2D eigenvalue weighted by atomic mass is 16.5. The average molecular weight is 494 g/mol. The molecule has 2 aromatic heterocycles. The van der Waals surface area contributed by atoms with Crippen molar-refractivity contribution in [1.82, 2.24) is 19.3 Å². The van der Waals surface area contributed by atoms with Crippen LogP contribution in [0.1, 0.15) is 44.9 Å². The van der Waals surface area contributed by atoms with Crippen LogP contribution in [0.3, 0.4) is 0 Å². The van der Waals surface area contributed by atoms with Crippen molar-refractivity contribution in [3.63, 3.8) is 0 Å². The summed E-state index contributed by atoms with van der Waals surface area (Å²) >= 11 is 0. The Hall–Kier alpha value is -3.62. The summed E-state index contributed by atoms with van der Waals surface area (Å²) in [6.07, 6.45) is 5.55. The van der Waals surface area contributed by atoms with Crippen LogP contribution in [0.4, 0.5) is 5.95 Å². The summed E-state index contributed by atoms with van der Waals surface area (Å²) < 4.78 is 13.2. The maximum absolute atomic E-state index is 12.5. The van der Waals surface area contributed by atoms with E-state index in [2.05, 4.69) is 21.2 Å². The smallest absolute Gasteiger partial charge is 0.310 e. The molecule has 192 valence electrons. The first-order chi connectivity index (χ1) is 17.3. The van der Waals surface area contributed by atoms with Crippen molar-refractivity contribution in [3.05, 3.63) is 41.9 Å². The molecule has 0 aliphatic carbocycles. The number of benzene rings is 1. The SMILES string of the molecule is CCC[C@H](C)OC(=O)Cc1ccc(-c2nc(N3CCN(C(C)=O)CC3)n3ccnc(C)c23)cc1OC. The molecule has 0 saturated carbocycles. The summed E-state index contributed by atoms with van der Waals surface area (Å²) in [5, 5.41) is 0. The monoisotopic (exact) mass is 493 g/mol. The molecule has 1 aliphatic rings. The largest absolute Gasteiger partial charge is 0.496 e. The first-order valence-corrected chi connectivity index (χ1v) is 12.5. The lowest BCUT2D eigenvalue weighted by molar-refractivity contribution is -0.147. The van der Waals surface area contributed by atoms with Crippen molar-refractivity contribution < 1.29 is 19.1 Å². The van der Waals surface area contributed by atoms with E-state index in [-0.39, 0.29) is 24.4 Å². The molecule has 0 spiro atoms. The summed E-state index contributed by atoms with van der Waals surface area (Å²) in [7, 11) is 1.60. The molecule has 9 heteroatoms. The number of anilines is 1. The first-order valence-electron chi connectivity index (χ1n) is 12.5. The zero-order chi connectivity index (χ0) is 25.8. The number of imidazole rings is 1. The molecule has 0 N–H and O–H groups in total. The molecule has 0 bridgehead atoms. The van der Waals surface area contributed by atoms with Crippen LogP contribution in [0.5, 0.6) is 5.75 Å². The molecule has 1 aromatic carbocycles. The molecule has 1 atom stereocenters. The fourth-order valence-corrected chi connectivity index (χ4v) is 4.75. The van der Waals surface area contributed by atoms with Gasteiger partial charge in [0.05, 0.1) is 30.8 Å². The van der Waals surface area contributed by atoms with Crippen LogP contribution in [-0.2, 0) is 20.7 Å². The Balaban J connectivity index is 1.65. The lowest BCUT2D eigenvalue weighted by Crippen LogP contribution is -2.48. The molecular weight excluding hydrogens is 458 g/mol. The lowest BCUT2D eigenvalue weighted by atomic mass is 10.0. The predicted octanol–water partition coefficient (Wildman–Crippen LogP) is 3.66. The van der Waals surface area contributed by atoms with Gasteiger partial charge in [-0.05, 0) is 26.3 Å². The van der Waals surface area contributed by atoms with Crippen LogP contribution < -0.4 is 9.64 Å². The lowest BCUT2D eigenvalue weighted by Gasteiger charge is -2.34. The van der Waals surface area contributed by atoms with Crippen molar-refractivity contribution in [2.45, 2.75) is 53.1 Å². The summed E-state index contributed by atoms with van der Waals surface area (Å²) in [4.78, 5) is 37.8. The van der Waals surface area contributed by atoms with Gasteiger partial charge in [0.25, 0.3) is 0 Å². The summed E-state index contributed by atoms with van der Waals surface area (Å²) in [5.41, 5.74) is 4.24. The minimum atomic E-state index is -0.263. The van der Waals surface area contributed by atoms with E-state index in [4.69, 9.17) is 14.5 Å². The first kappa shape index (κ1) is 25.5. The number of rotatable bonds is 8. The Morgan fingerprint density at radius 3 is 2.58 bits per heavy atom. The van der Waals surface area contributed by atoms with Gasteiger partial charge in [-0.15, -0.1) is 0 Å². The zero-order valence-corrected chi connectivity index (χ0v) is 21.8. The number of aromatic nitrogens is 3. The second kappa shape index (κ2) is 11.0. The molecule has 9 nitrogen and oxygen atoms in total. The Bertz CT molecular complexity index is 1250. The van der Waals surface area contributed by atoms with Gasteiger partial charge in [-0.1, -0.05) is 25.5 Å². The van der Waals surface area contributed by atoms with E-state index >= 15 is 0 Å². The second-order valence-electron chi connectivity index (χ2n) is 9.28. The zero-order valence-electron chi connectivity index (χ0n) is 21.8.